The highest BCUT2D eigenvalue weighted by molar-refractivity contribution is 5.91. The number of hydrogen-bond donors (Lipinski definition) is 3. The number of rotatable bonds is 20. The van der Waals surface area contributed by atoms with Crippen LogP contribution in [0, 0.1) is 17.8 Å². The minimum atomic E-state index is -1.04. The molecule has 0 fully saturated rings. The first-order valence-electron chi connectivity index (χ1n) is 14.4. The van der Waals surface area contributed by atoms with Gasteiger partial charge in [-0.3, -0.25) is 14.4 Å². The molecule has 3 N–H and O–H groups in total. The van der Waals surface area contributed by atoms with Gasteiger partial charge in [-0.25, -0.2) is 4.79 Å². The molecule has 3 unspecified atom stereocenters. The Balaban J connectivity index is 3.13. The first-order valence-corrected chi connectivity index (χ1v) is 14.4. The normalized spacial score (nSPS) is 13.8. The van der Waals surface area contributed by atoms with Gasteiger partial charge >= 0.3 is 5.97 Å². The molecule has 8 heteroatoms. The molecular weight excluding hydrogens is 506 g/mol. The monoisotopic (exact) mass is 555 g/mol. The van der Waals surface area contributed by atoms with Gasteiger partial charge in [0.05, 0.1) is 6.61 Å². The van der Waals surface area contributed by atoms with Gasteiger partial charge in [0, 0.05) is 18.9 Å². The van der Waals surface area contributed by atoms with Crippen molar-refractivity contribution in [3.63, 3.8) is 0 Å². The van der Waals surface area contributed by atoms with Crippen LogP contribution in [-0.4, -0.2) is 49.4 Å². The van der Waals surface area contributed by atoms with Gasteiger partial charge in [0.2, 0.25) is 17.7 Å². The maximum atomic E-state index is 13.6. The number of amides is 3. The lowest BCUT2D eigenvalue weighted by molar-refractivity contribution is -0.148. The average Bonchev–Trinajstić information content (AvgIpc) is 2.93. The maximum Gasteiger partial charge on any atom is 0.328 e. The molecule has 1 rings (SSSR count). The molecule has 0 saturated heterocycles. The minimum Gasteiger partial charge on any atom is -0.464 e. The lowest BCUT2D eigenvalue weighted by Crippen LogP contribution is -2.54. The predicted molar refractivity (Wildman–Crippen MR) is 159 cm³/mol. The quantitative estimate of drug-likeness (QED) is 0.125. The summed E-state index contributed by atoms with van der Waals surface area (Å²) in [5, 5.41) is 8.35. The Morgan fingerprint density at radius 2 is 1.55 bits per heavy atom. The van der Waals surface area contributed by atoms with Crippen molar-refractivity contribution in [1.29, 1.82) is 0 Å². The molecule has 0 bridgehead atoms. The number of hydrogen-bond acceptors (Lipinski definition) is 5. The van der Waals surface area contributed by atoms with Crippen molar-refractivity contribution in [2.75, 3.05) is 13.7 Å². The van der Waals surface area contributed by atoms with Crippen LogP contribution in [0.4, 0.5) is 0 Å². The number of ether oxygens (including phenoxy) is 1. The Morgan fingerprint density at radius 3 is 2.12 bits per heavy atom. The lowest BCUT2D eigenvalue weighted by Gasteiger charge is -2.27. The number of unbranched alkanes of at least 4 members (excludes halogenated alkanes) is 2. The van der Waals surface area contributed by atoms with E-state index >= 15 is 0 Å². The number of benzene rings is 1. The molecule has 0 spiro atoms. The second kappa shape index (κ2) is 19.6. The SMILES string of the molecule is C=CCCCCC(Cc1ccccc1)C(=O)N[C@@H](CC(C)C)C(=O)NC(CC(CC=C)C(=O)NC)C(=O)OCC. The van der Waals surface area contributed by atoms with Crippen LogP contribution >= 0.6 is 0 Å². The van der Waals surface area contributed by atoms with Crippen molar-refractivity contribution in [3.8, 4) is 0 Å². The molecule has 0 radical (unpaired) electrons. The number of allylic oxidation sites excluding steroid dienone is 2. The summed E-state index contributed by atoms with van der Waals surface area (Å²) in [7, 11) is 1.52. The second-order valence-electron chi connectivity index (χ2n) is 10.5. The molecule has 222 valence electrons. The number of carbonyl (C=O) groups is 4. The van der Waals surface area contributed by atoms with E-state index in [1.807, 2.05) is 50.3 Å². The molecule has 0 aromatic heterocycles. The van der Waals surface area contributed by atoms with Gasteiger partial charge in [0.1, 0.15) is 12.1 Å². The van der Waals surface area contributed by atoms with E-state index in [2.05, 4.69) is 29.1 Å². The van der Waals surface area contributed by atoms with Crippen LogP contribution in [0.2, 0.25) is 0 Å². The first-order chi connectivity index (χ1) is 19.2. The van der Waals surface area contributed by atoms with E-state index in [1.165, 1.54) is 7.05 Å². The van der Waals surface area contributed by atoms with Crippen molar-refractivity contribution in [2.45, 2.75) is 84.2 Å². The third kappa shape index (κ3) is 13.1. The summed E-state index contributed by atoms with van der Waals surface area (Å²) in [6, 6.07) is 7.95. The van der Waals surface area contributed by atoms with E-state index in [-0.39, 0.29) is 36.7 Å². The van der Waals surface area contributed by atoms with Gasteiger partial charge in [-0.15, -0.1) is 13.2 Å². The Kier molecular flexibility index (Phi) is 17.0. The molecule has 0 aliphatic heterocycles. The summed E-state index contributed by atoms with van der Waals surface area (Å²) in [6.45, 7) is 13.2. The van der Waals surface area contributed by atoms with Gasteiger partial charge in [0.25, 0.3) is 0 Å². The Hall–Kier alpha value is -3.42. The molecule has 1 aromatic carbocycles. The molecule has 0 aliphatic carbocycles. The van der Waals surface area contributed by atoms with Gasteiger partial charge in [-0.05, 0) is 63.4 Å². The summed E-state index contributed by atoms with van der Waals surface area (Å²) in [6.07, 6.45) is 8.21. The Morgan fingerprint density at radius 1 is 0.875 bits per heavy atom. The molecule has 0 saturated carbocycles. The highest BCUT2D eigenvalue weighted by Gasteiger charge is 2.32. The van der Waals surface area contributed by atoms with Crippen molar-refractivity contribution < 1.29 is 23.9 Å². The fourth-order valence-corrected chi connectivity index (χ4v) is 4.63. The largest absolute Gasteiger partial charge is 0.464 e. The maximum absolute atomic E-state index is 13.6. The van der Waals surface area contributed by atoms with Crippen LogP contribution in [0.15, 0.2) is 55.6 Å². The van der Waals surface area contributed by atoms with E-state index in [1.54, 1.807) is 13.0 Å². The van der Waals surface area contributed by atoms with Crippen molar-refractivity contribution in [2.24, 2.45) is 17.8 Å². The Bertz CT molecular complexity index is 947. The summed E-state index contributed by atoms with van der Waals surface area (Å²) in [4.78, 5) is 52.3. The van der Waals surface area contributed by atoms with E-state index in [4.69, 9.17) is 4.74 Å². The first kappa shape index (κ1) is 34.6. The van der Waals surface area contributed by atoms with Crippen LogP contribution in [0.1, 0.15) is 71.3 Å². The van der Waals surface area contributed by atoms with Gasteiger partial charge < -0.3 is 20.7 Å². The van der Waals surface area contributed by atoms with Crippen LogP contribution in [0.3, 0.4) is 0 Å². The highest BCUT2D eigenvalue weighted by Crippen LogP contribution is 2.19. The minimum absolute atomic E-state index is 0.0541. The molecule has 40 heavy (non-hydrogen) atoms. The van der Waals surface area contributed by atoms with Gasteiger partial charge in [-0.2, -0.15) is 0 Å². The van der Waals surface area contributed by atoms with E-state index in [9.17, 15) is 19.2 Å². The van der Waals surface area contributed by atoms with E-state index in [0.29, 0.717) is 25.7 Å². The lowest BCUT2D eigenvalue weighted by atomic mass is 9.92. The summed E-state index contributed by atoms with van der Waals surface area (Å²) in [5.74, 6) is -2.30. The summed E-state index contributed by atoms with van der Waals surface area (Å²) < 4.78 is 5.20. The average molecular weight is 556 g/mol. The molecule has 4 atom stereocenters. The summed E-state index contributed by atoms with van der Waals surface area (Å²) >= 11 is 0. The molecule has 8 nitrogen and oxygen atoms in total. The van der Waals surface area contributed by atoms with E-state index in [0.717, 1.165) is 24.8 Å². The molecule has 1 aromatic rings. The third-order valence-corrected chi connectivity index (χ3v) is 6.72. The van der Waals surface area contributed by atoms with Crippen molar-refractivity contribution in [3.05, 3.63) is 61.2 Å². The number of nitrogens with one attached hydrogen (secondary N) is 3. The zero-order valence-electron chi connectivity index (χ0n) is 24.7. The van der Waals surface area contributed by atoms with Crippen molar-refractivity contribution >= 4 is 23.7 Å². The molecule has 0 aliphatic rings. The predicted octanol–water partition coefficient (Wildman–Crippen LogP) is 4.50. The van der Waals surface area contributed by atoms with E-state index < -0.39 is 29.9 Å². The summed E-state index contributed by atoms with van der Waals surface area (Å²) in [5.41, 5.74) is 1.06. The van der Waals surface area contributed by atoms with Crippen LogP contribution in [0.25, 0.3) is 0 Å². The molecular formula is C32H49N3O5. The molecule has 0 heterocycles. The zero-order chi connectivity index (χ0) is 29.9. The third-order valence-electron chi connectivity index (χ3n) is 6.72. The van der Waals surface area contributed by atoms with Crippen LogP contribution in [0.5, 0.6) is 0 Å². The van der Waals surface area contributed by atoms with Gasteiger partial charge in [-0.1, -0.05) is 62.8 Å². The second-order valence-corrected chi connectivity index (χ2v) is 10.5. The van der Waals surface area contributed by atoms with Gasteiger partial charge in [0.15, 0.2) is 0 Å². The number of esters is 1. The molecule has 3 amide bonds. The standard InChI is InChI=1S/C32H49N3O5/c1-7-10-11-15-19-26(21-24-17-13-12-14-18-24)30(37)34-27(20-23(4)5)31(38)35-28(32(39)40-9-3)22-25(16-8-2)29(36)33-6/h7-8,12-14,17-18,23,25-28H,1-2,9-11,15-16,19-22H2,3-6H3,(H,33,36)(H,34,37)(H,35,38)/t25?,26?,27-,28?/m0/s1. The fraction of sp³-hybridized carbons (Fsp3) is 0.562. The fourth-order valence-electron chi connectivity index (χ4n) is 4.63. The van der Waals surface area contributed by atoms with Crippen molar-refractivity contribution in [1.82, 2.24) is 16.0 Å². The highest BCUT2D eigenvalue weighted by atomic mass is 16.5. The van der Waals surface area contributed by atoms with Crippen LogP contribution < -0.4 is 16.0 Å². The smallest absolute Gasteiger partial charge is 0.328 e. The zero-order valence-corrected chi connectivity index (χ0v) is 24.7. The Labute approximate surface area is 240 Å². The van der Waals surface area contributed by atoms with Crippen LogP contribution in [-0.2, 0) is 30.3 Å². The topological polar surface area (TPSA) is 114 Å². The number of carbonyl (C=O) groups excluding carboxylic acids is 4.